The zero-order chi connectivity index (χ0) is 15.2. The van der Waals surface area contributed by atoms with E-state index in [1.165, 1.54) is 19.6 Å². The molecule has 0 atom stereocenters. The van der Waals surface area contributed by atoms with E-state index in [2.05, 4.69) is 20.2 Å². The maximum atomic E-state index is 12.6. The fourth-order valence-electron chi connectivity index (χ4n) is 1.93. The molecule has 21 heavy (non-hydrogen) atoms. The topological polar surface area (TPSA) is 81.4 Å². The summed E-state index contributed by atoms with van der Waals surface area (Å²) in [5.41, 5.74) is -0.621. The molecule has 0 saturated carbocycles. The van der Waals surface area contributed by atoms with Crippen LogP contribution in [-0.4, -0.2) is 29.5 Å². The highest BCUT2D eigenvalue weighted by Gasteiger charge is 2.34. The first kappa shape index (κ1) is 13.3. The molecule has 0 saturated heterocycles. The Morgan fingerprint density at radius 2 is 2.14 bits per heavy atom. The van der Waals surface area contributed by atoms with E-state index in [1.807, 2.05) is 0 Å². The fraction of sp³-hybridized carbons (Fsp3) is 0.273. The third-order valence-corrected chi connectivity index (χ3v) is 3.01. The molecule has 3 aromatic heterocycles. The number of alkyl halides is 3. The Labute approximate surface area is 115 Å². The number of nitrogens with one attached hydrogen (secondary N) is 1. The summed E-state index contributed by atoms with van der Waals surface area (Å²) in [5.74, 6) is 0. The molecule has 0 unspecified atom stereocenters. The van der Waals surface area contributed by atoms with Crippen molar-refractivity contribution in [2.24, 2.45) is 7.05 Å². The highest BCUT2D eigenvalue weighted by atomic mass is 19.4. The van der Waals surface area contributed by atoms with Gasteiger partial charge in [0.25, 0.3) is 5.56 Å². The number of aromatic nitrogens is 6. The Morgan fingerprint density at radius 3 is 2.81 bits per heavy atom. The molecule has 0 bridgehead atoms. The third-order valence-electron chi connectivity index (χ3n) is 3.01. The summed E-state index contributed by atoms with van der Waals surface area (Å²) in [7, 11) is 1.38. The van der Waals surface area contributed by atoms with Crippen LogP contribution in [0.1, 0.15) is 11.4 Å². The van der Waals surface area contributed by atoms with E-state index in [-0.39, 0.29) is 17.8 Å². The number of hydrogen-bond donors (Lipinski definition) is 1. The highest BCUT2D eigenvalue weighted by molar-refractivity contribution is 5.71. The van der Waals surface area contributed by atoms with Crippen LogP contribution in [0.5, 0.6) is 0 Å². The molecular weight excluding hydrogens is 289 g/mol. The molecule has 0 fully saturated rings. The van der Waals surface area contributed by atoms with Gasteiger partial charge in [-0.3, -0.25) is 9.48 Å². The lowest BCUT2D eigenvalue weighted by molar-refractivity contribution is -0.141. The number of fused-ring (bicyclic) bond motifs is 1. The normalized spacial score (nSPS) is 12.2. The van der Waals surface area contributed by atoms with Crippen molar-refractivity contribution in [2.75, 3.05) is 0 Å². The first-order chi connectivity index (χ1) is 9.86. The summed E-state index contributed by atoms with van der Waals surface area (Å²) in [6.07, 6.45) is -1.78. The zero-order valence-corrected chi connectivity index (χ0v) is 10.7. The molecule has 3 aromatic rings. The Morgan fingerprint density at radius 1 is 1.38 bits per heavy atom. The van der Waals surface area contributed by atoms with Crippen LogP contribution in [0.25, 0.3) is 11.0 Å². The monoisotopic (exact) mass is 298 g/mol. The Balaban J connectivity index is 2.01. The number of rotatable bonds is 2. The van der Waals surface area contributed by atoms with Crippen molar-refractivity contribution in [3.8, 4) is 0 Å². The van der Waals surface area contributed by atoms with Gasteiger partial charge in [0, 0.05) is 7.05 Å². The maximum Gasteiger partial charge on any atom is 0.435 e. The maximum absolute atomic E-state index is 12.6. The van der Waals surface area contributed by atoms with E-state index in [4.69, 9.17) is 0 Å². The minimum atomic E-state index is -4.53. The van der Waals surface area contributed by atoms with Crippen LogP contribution in [0.2, 0.25) is 0 Å². The predicted molar refractivity (Wildman–Crippen MR) is 65.5 cm³/mol. The lowest BCUT2D eigenvalue weighted by atomic mass is 10.3. The largest absolute Gasteiger partial charge is 0.435 e. The van der Waals surface area contributed by atoms with E-state index in [0.29, 0.717) is 5.52 Å². The summed E-state index contributed by atoms with van der Waals surface area (Å²) in [5, 5.41) is 7.28. The van der Waals surface area contributed by atoms with E-state index >= 15 is 0 Å². The minimum Gasteiger partial charge on any atom is -0.343 e. The average molecular weight is 298 g/mol. The molecule has 3 rings (SSSR count). The van der Waals surface area contributed by atoms with Gasteiger partial charge in [-0.05, 0) is 6.07 Å². The van der Waals surface area contributed by atoms with Crippen LogP contribution in [0.3, 0.4) is 0 Å². The third kappa shape index (κ3) is 2.28. The Bertz CT molecular complexity index is 859. The van der Waals surface area contributed by atoms with Crippen molar-refractivity contribution < 1.29 is 13.2 Å². The van der Waals surface area contributed by atoms with Crippen molar-refractivity contribution in [3.63, 3.8) is 0 Å². The summed E-state index contributed by atoms with van der Waals surface area (Å²) in [6, 6.07) is 0.892. The van der Waals surface area contributed by atoms with Gasteiger partial charge in [0.15, 0.2) is 11.2 Å². The molecule has 7 nitrogen and oxygen atoms in total. The van der Waals surface area contributed by atoms with Gasteiger partial charge in [-0.25, -0.2) is 9.67 Å². The molecule has 0 spiro atoms. The van der Waals surface area contributed by atoms with Gasteiger partial charge in [0.1, 0.15) is 0 Å². The van der Waals surface area contributed by atoms with Crippen LogP contribution in [0.15, 0.2) is 23.4 Å². The van der Waals surface area contributed by atoms with Crippen LogP contribution in [0.4, 0.5) is 13.2 Å². The standard InChI is InChI=1S/C11H9F3N6O/c1-19-6(2-8(18-19)11(12,13)14)4-20-10(21)9-7(3-17-20)15-5-16-9/h2-3,5H,4H2,1H3,(H,15,16). The van der Waals surface area contributed by atoms with Gasteiger partial charge in [0.2, 0.25) is 0 Å². The van der Waals surface area contributed by atoms with Gasteiger partial charge < -0.3 is 4.98 Å². The second-order valence-corrected chi connectivity index (χ2v) is 4.41. The number of halogens is 3. The van der Waals surface area contributed by atoms with Crippen LogP contribution in [0, 0.1) is 0 Å². The molecule has 0 aliphatic carbocycles. The lowest BCUT2D eigenvalue weighted by Gasteiger charge is -2.04. The molecule has 0 radical (unpaired) electrons. The smallest absolute Gasteiger partial charge is 0.343 e. The Hall–Kier alpha value is -2.65. The number of aromatic amines is 1. The number of aryl methyl sites for hydroxylation is 1. The number of imidazole rings is 1. The first-order valence-electron chi connectivity index (χ1n) is 5.85. The Kier molecular flexibility index (Phi) is 2.81. The second kappa shape index (κ2) is 4.43. The molecule has 0 aromatic carbocycles. The van der Waals surface area contributed by atoms with Crippen molar-refractivity contribution in [2.45, 2.75) is 12.7 Å². The van der Waals surface area contributed by atoms with E-state index < -0.39 is 17.4 Å². The number of H-pyrrole nitrogens is 1. The quantitative estimate of drug-likeness (QED) is 0.763. The average Bonchev–Trinajstić information content (AvgIpc) is 3.00. The van der Waals surface area contributed by atoms with Crippen molar-refractivity contribution in [3.05, 3.63) is 40.3 Å². The van der Waals surface area contributed by atoms with Crippen LogP contribution >= 0.6 is 0 Å². The van der Waals surface area contributed by atoms with Gasteiger partial charge in [0.05, 0.1) is 30.3 Å². The van der Waals surface area contributed by atoms with Crippen LogP contribution < -0.4 is 5.56 Å². The fourth-order valence-corrected chi connectivity index (χ4v) is 1.93. The summed E-state index contributed by atoms with van der Waals surface area (Å²) >= 11 is 0. The first-order valence-corrected chi connectivity index (χ1v) is 5.85. The van der Waals surface area contributed by atoms with Gasteiger partial charge in [-0.15, -0.1) is 0 Å². The van der Waals surface area contributed by atoms with Crippen molar-refractivity contribution in [1.82, 2.24) is 29.5 Å². The molecule has 0 amide bonds. The molecule has 3 heterocycles. The highest BCUT2D eigenvalue weighted by Crippen LogP contribution is 2.28. The van der Waals surface area contributed by atoms with E-state index in [9.17, 15) is 18.0 Å². The molecule has 1 N–H and O–H groups in total. The molecule has 0 aliphatic heterocycles. The van der Waals surface area contributed by atoms with E-state index in [0.717, 1.165) is 15.4 Å². The molecular formula is C11H9F3N6O. The summed E-state index contributed by atoms with van der Waals surface area (Å²) < 4.78 is 39.9. The lowest BCUT2D eigenvalue weighted by Crippen LogP contribution is -2.24. The van der Waals surface area contributed by atoms with Crippen molar-refractivity contribution >= 4 is 11.0 Å². The zero-order valence-electron chi connectivity index (χ0n) is 10.7. The summed E-state index contributed by atoms with van der Waals surface area (Å²) in [4.78, 5) is 18.7. The number of nitrogens with zero attached hydrogens (tertiary/aromatic N) is 5. The van der Waals surface area contributed by atoms with Gasteiger partial charge in [-0.1, -0.05) is 0 Å². The molecule has 0 aliphatic rings. The van der Waals surface area contributed by atoms with Crippen molar-refractivity contribution in [1.29, 1.82) is 0 Å². The predicted octanol–water partition coefficient (Wildman–Crippen LogP) is 0.920. The second-order valence-electron chi connectivity index (χ2n) is 4.41. The summed E-state index contributed by atoms with van der Waals surface area (Å²) in [6.45, 7) is -0.124. The SMILES string of the molecule is Cn1nc(C(F)(F)F)cc1Cn1ncc2[nH]cnc2c1=O. The van der Waals surface area contributed by atoms with Gasteiger partial charge >= 0.3 is 6.18 Å². The number of hydrogen-bond acceptors (Lipinski definition) is 4. The minimum absolute atomic E-state index is 0.124. The van der Waals surface area contributed by atoms with E-state index in [1.54, 1.807) is 0 Å². The molecule has 10 heteroatoms. The van der Waals surface area contributed by atoms with Gasteiger partial charge in [-0.2, -0.15) is 23.4 Å². The van der Waals surface area contributed by atoms with Crippen LogP contribution in [-0.2, 0) is 19.8 Å². The molecule has 110 valence electrons.